The van der Waals surface area contributed by atoms with E-state index in [0.29, 0.717) is 31.1 Å². The second-order valence-electron chi connectivity index (χ2n) is 9.89. The normalized spacial score (nSPS) is 11.1. The monoisotopic (exact) mass is 546 g/mol. The van der Waals surface area contributed by atoms with Crippen LogP contribution in [0.2, 0.25) is 0 Å². The Morgan fingerprint density at radius 3 is 2.17 bits per heavy atom. The number of aromatic nitrogens is 5. The zero-order valence-electron chi connectivity index (χ0n) is 22.6. The van der Waals surface area contributed by atoms with Gasteiger partial charge < -0.3 is 13.9 Å². The number of para-hydroxylation sites is 2. The fraction of sp³-hybridized carbons (Fsp3) is 0.152. The first-order chi connectivity index (χ1) is 20.1. The van der Waals surface area contributed by atoms with Crippen LogP contribution in [-0.4, -0.2) is 20.7 Å². The number of hydrogen-bond acceptors (Lipinski definition) is 3. The van der Waals surface area contributed by atoms with E-state index in [2.05, 4.69) is 34.9 Å². The van der Waals surface area contributed by atoms with Crippen molar-refractivity contribution in [3.63, 3.8) is 0 Å². The van der Waals surface area contributed by atoms with Gasteiger partial charge in [0.15, 0.2) is 18.9 Å². The number of ether oxygens (including phenoxy) is 1. The molecule has 0 unspecified atom stereocenters. The molecule has 0 aliphatic rings. The van der Waals surface area contributed by atoms with Crippen LogP contribution in [0.1, 0.15) is 17.5 Å². The van der Waals surface area contributed by atoms with Crippen LogP contribution < -0.4 is 19.5 Å². The van der Waals surface area contributed by atoms with E-state index in [9.17, 15) is 4.39 Å². The zero-order valence-corrected chi connectivity index (χ0v) is 22.6. The molecule has 7 nitrogen and oxygen atoms in total. The first kappa shape index (κ1) is 26.1. The zero-order chi connectivity index (χ0) is 28.0. The molecule has 0 radical (unpaired) electrons. The van der Waals surface area contributed by atoms with Gasteiger partial charge in [-0.05, 0) is 53.9 Å². The lowest BCUT2D eigenvalue weighted by Crippen LogP contribution is -2.41. The van der Waals surface area contributed by atoms with Crippen LogP contribution in [0.4, 0.5) is 4.39 Å². The fourth-order valence-electron chi connectivity index (χ4n) is 4.94. The van der Waals surface area contributed by atoms with Gasteiger partial charge in [0.25, 0.3) is 0 Å². The number of nitrogens with zero attached hydrogens (tertiary/aromatic N) is 5. The number of aryl methyl sites for hydroxylation is 1. The molecule has 1 N–H and O–H groups in total. The van der Waals surface area contributed by atoms with E-state index in [1.807, 2.05) is 81.1 Å². The molecule has 0 aliphatic carbocycles. The Balaban J connectivity index is 1.14. The first-order valence-electron chi connectivity index (χ1n) is 13.6. The van der Waals surface area contributed by atoms with Crippen LogP contribution in [0.5, 0.6) is 5.75 Å². The van der Waals surface area contributed by atoms with Gasteiger partial charge in [-0.1, -0.05) is 42.5 Å². The largest absolute Gasteiger partial charge is 0.494 e. The summed E-state index contributed by atoms with van der Waals surface area (Å²) in [5, 5.41) is 8.94. The van der Waals surface area contributed by atoms with Gasteiger partial charge in [-0.3, -0.25) is 5.41 Å². The molecule has 6 aromatic rings. The van der Waals surface area contributed by atoms with Crippen molar-refractivity contribution < 1.29 is 18.3 Å². The molecule has 0 spiro atoms. The van der Waals surface area contributed by atoms with Gasteiger partial charge in [-0.25, -0.2) is 4.39 Å². The Morgan fingerprint density at radius 2 is 1.46 bits per heavy atom. The van der Waals surface area contributed by atoms with Crippen molar-refractivity contribution >= 4 is 11.0 Å². The lowest BCUT2D eigenvalue weighted by molar-refractivity contribution is -0.715. The predicted octanol–water partition coefficient (Wildman–Crippen LogP) is 4.59. The van der Waals surface area contributed by atoms with Crippen molar-refractivity contribution in [2.75, 3.05) is 6.61 Å². The molecule has 0 saturated carbocycles. The van der Waals surface area contributed by atoms with Crippen molar-refractivity contribution in [1.29, 1.82) is 5.41 Å². The molecule has 6 rings (SSSR count). The summed E-state index contributed by atoms with van der Waals surface area (Å²) in [6, 6.07) is 28.6. The number of fused-ring (bicyclic) bond motifs is 1. The van der Waals surface area contributed by atoms with Gasteiger partial charge in [0, 0.05) is 23.7 Å². The maximum absolute atomic E-state index is 13.1. The highest BCUT2D eigenvalue weighted by Crippen LogP contribution is 2.16. The third-order valence-electron chi connectivity index (χ3n) is 7.04. The second kappa shape index (κ2) is 12.0. The fourth-order valence-corrected chi connectivity index (χ4v) is 4.94. The molecule has 8 heteroatoms. The minimum atomic E-state index is -0.282. The maximum atomic E-state index is 13.1. The lowest BCUT2D eigenvalue weighted by atomic mass is 10.2. The Morgan fingerprint density at radius 1 is 0.756 bits per heavy atom. The van der Waals surface area contributed by atoms with Gasteiger partial charge in [0.1, 0.15) is 17.8 Å². The standard InChI is InChI=1S/C33H31FN6O/c34-28-12-14-29(15-13-28)41-22-6-17-39-30-9-4-5-10-31(30)40(33(39)35)25-27-11-16-32(36-23-27)38-20-18-37(19-21-38)24-26-7-2-1-3-8-26/h1-5,7-16,18-21,23,35H,6,17,22,24-25H2/q+2. The van der Waals surface area contributed by atoms with Crippen LogP contribution in [0, 0.1) is 11.2 Å². The Hall–Kier alpha value is -5.11. The molecule has 204 valence electrons. The summed E-state index contributed by atoms with van der Waals surface area (Å²) in [7, 11) is 0. The molecule has 3 aromatic heterocycles. The van der Waals surface area contributed by atoms with Gasteiger partial charge in [0.2, 0.25) is 18.0 Å². The third kappa shape index (κ3) is 6.06. The lowest BCUT2D eigenvalue weighted by Gasteiger charge is -2.07. The number of rotatable bonds is 10. The van der Waals surface area contributed by atoms with Crippen molar-refractivity contribution in [3.05, 3.63) is 145 Å². The van der Waals surface area contributed by atoms with E-state index >= 15 is 0 Å². The molecular weight excluding hydrogens is 515 g/mol. The van der Waals surface area contributed by atoms with E-state index < -0.39 is 0 Å². The Labute approximate surface area is 237 Å². The number of nitrogens with one attached hydrogen (secondary N) is 1. The molecule has 0 amide bonds. The van der Waals surface area contributed by atoms with Gasteiger partial charge in [0.05, 0.1) is 24.2 Å². The molecule has 3 heterocycles. The highest BCUT2D eigenvalue weighted by Gasteiger charge is 2.14. The average molecular weight is 547 g/mol. The van der Waals surface area contributed by atoms with E-state index in [-0.39, 0.29) is 5.82 Å². The summed E-state index contributed by atoms with van der Waals surface area (Å²) < 4.78 is 27.0. The SMILES string of the molecule is N=c1n(CCCOc2ccc(F)cc2)c2ccccc2n1Cc1ccc(-[n+]2cc[n+](Cc3ccccc3)cc2)nc1. The van der Waals surface area contributed by atoms with Crippen molar-refractivity contribution in [2.24, 2.45) is 0 Å². The number of benzene rings is 3. The predicted molar refractivity (Wildman–Crippen MR) is 153 cm³/mol. The molecule has 41 heavy (non-hydrogen) atoms. The summed E-state index contributed by atoms with van der Waals surface area (Å²) >= 11 is 0. The Kier molecular flexibility index (Phi) is 7.62. The molecule has 0 atom stereocenters. The highest BCUT2D eigenvalue weighted by atomic mass is 19.1. The van der Waals surface area contributed by atoms with Gasteiger partial charge >= 0.3 is 5.82 Å². The van der Waals surface area contributed by atoms with Crippen molar-refractivity contribution in [1.82, 2.24) is 14.1 Å². The minimum Gasteiger partial charge on any atom is -0.494 e. The quantitative estimate of drug-likeness (QED) is 0.202. The smallest absolute Gasteiger partial charge is 0.327 e. The second-order valence-corrected chi connectivity index (χ2v) is 9.89. The summed E-state index contributed by atoms with van der Waals surface area (Å²) in [5.74, 6) is 1.19. The summed E-state index contributed by atoms with van der Waals surface area (Å²) in [4.78, 5) is 4.70. The third-order valence-corrected chi connectivity index (χ3v) is 7.04. The summed E-state index contributed by atoms with van der Waals surface area (Å²) in [5.41, 5.74) is 4.71. The molecule has 3 aromatic carbocycles. The van der Waals surface area contributed by atoms with Crippen LogP contribution in [0.3, 0.4) is 0 Å². The molecular formula is C33H31FN6O+2. The average Bonchev–Trinajstić information content (AvgIpc) is 3.27. The Bertz CT molecular complexity index is 1790. The van der Waals surface area contributed by atoms with Crippen LogP contribution >= 0.6 is 0 Å². The molecule has 0 bridgehead atoms. The number of pyridine rings is 1. The van der Waals surface area contributed by atoms with Crippen molar-refractivity contribution in [3.8, 4) is 11.6 Å². The van der Waals surface area contributed by atoms with Crippen LogP contribution in [0.15, 0.2) is 122 Å². The molecule has 0 fully saturated rings. The summed E-state index contributed by atoms with van der Waals surface area (Å²) in [6.07, 6.45) is 10.7. The molecule has 0 aliphatic heterocycles. The van der Waals surface area contributed by atoms with Gasteiger partial charge in [-0.2, -0.15) is 9.13 Å². The minimum absolute atomic E-state index is 0.282. The number of halogens is 1. The van der Waals surface area contributed by atoms with Crippen LogP contribution in [0.25, 0.3) is 16.9 Å². The topological polar surface area (TPSA) is 63.6 Å². The number of hydrogen-bond donors (Lipinski definition) is 1. The van der Waals surface area contributed by atoms with Crippen LogP contribution in [-0.2, 0) is 19.6 Å². The summed E-state index contributed by atoms with van der Waals surface area (Å²) in [6.45, 7) is 2.48. The maximum Gasteiger partial charge on any atom is 0.327 e. The van der Waals surface area contributed by atoms with Gasteiger partial charge in [-0.15, -0.1) is 0 Å². The van der Waals surface area contributed by atoms with E-state index in [1.54, 1.807) is 12.1 Å². The van der Waals surface area contributed by atoms with Crippen molar-refractivity contribution in [2.45, 2.75) is 26.1 Å². The highest BCUT2D eigenvalue weighted by molar-refractivity contribution is 5.76. The first-order valence-corrected chi connectivity index (χ1v) is 13.6. The van der Waals surface area contributed by atoms with E-state index in [0.717, 1.165) is 35.4 Å². The van der Waals surface area contributed by atoms with E-state index in [4.69, 9.17) is 15.1 Å². The molecule has 0 saturated heterocycles. The number of imidazole rings is 1. The van der Waals surface area contributed by atoms with E-state index in [1.165, 1.54) is 17.7 Å².